The standard InChI is InChI=1S/C26H21NO5/c1-29-19-12-17-18(13-20(19)32-14-15-7-5-4-6-8-15)25(28)24-22-16(9-10-27-24)11-21(30-2)26(31-3)23(17)22/h4-13H,14H2,1-3H3. The first-order valence-corrected chi connectivity index (χ1v) is 10.1. The van der Waals surface area contributed by atoms with Crippen LogP contribution in [0.5, 0.6) is 23.0 Å². The van der Waals surface area contributed by atoms with Crippen LogP contribution in [0.3, 0.4) is 0 Å². The van der Waals surface area contributed by atoms with Gasteiger partial charge in [-0.3, -0.25) is 9.78 Å². The normalized spacial score (nSPS) is 11.8. The third-order valence-corrected chi connectivity index (χ3v) is 5.66. The van der Waals surface area contributed by atoms with E-state index in [2.05, 4.69) is 4.98 Å². The van der Waals surface area contributed by atoms with Crippen molar-refractivity contribution in [1.82, 2.24) is 4.98 Å². The molecule has 1 aliphatic rings. The van der Waals surface area contributed by atoms with Crippen LogP contribution in [-0.2, 0) is 6.61 Å². The van der Waals surface area contributed by atoms with Gasteiger partial charge in [0.2, 0.25) is 5.78 Å². The number of aromatic nitrogens is 1. The number of hydrogen-bond acceptors (Lipinski definition) is 6. The number of benzene rings is 3. The molecular weight excluding hydrogens is 406 g/mol. The first-order valence-electron chi connectivity index (χ1n) is 10.1. The number of carbonyl (C=O) groups excluding carboxylic acids is 1. The predicted octanol–water partition coefficient (Wildman–Crippen LogP) is 5.05. The second-order valence-corrected chi connectivity index (χ2v) is 7.40. The molecule has 0 amide bonds. The zero-order chi connectivity index (χ0) is 22.2. The fourth-order valence-corrected chi connectivity index (χ4v) is 4.18. The molecule has 160 valence electrons. The molecule has 0 saturated heterocycles. The molecule has 5 rings (SSSR count). The topological polar surface area (TPSA) is 66.9 Å². The molecule has 0 fully saturated rings. The van der Waals surface area contributed by atoms with E-state index in [9.17, 15) is 4.79 Å². The molecule has 0 unspecified atom stereocenters. The third-order valence-electron chi connectivity index (χ3n) is 5.66. The van der Waals surface area contributed by atoms with Crippen LogP contribution in [-0.4, -0.2) is 32.1 Å². The highest BCUT2D eigenvalue weighted by molar-refractivity contribution is 6.26. The van der Waals surface area contributed by atoms with Crippen molar-refractivity contribution < 1.29 is 23.7 Å². The van der Waals surface area contributed by atoms with Crippen LogP contribution in [0.15, 0.2) is 60.8 Å². The van der Waals surface area contributed by atoms with Gasteiger partial charge in [-0.2, -0.15) is 0 Å². The number of methoxy groups -OCH3 is 3. The SMILES string of the molecule is COc1cc2c(cc1OCc1ccccc1)C(=O)c1nccc3cc(OC)c(OC)c-2c13. The Morgan fingerprint density at radius 2 is 1.56 bits per heavy atom. The molecule has 6 nitrogen and oxygen atoms in total. The summed E-state index contributed by atoms with van der Waals surface area (Å²) >= 11 is 0. The monoisotopic (exact) mass is 427 g/mol. The Balaban J connectivity index is 1.72. The fraction of sp³-hybridized carbons (Fsp3) is 0.154. The van der Waals surface area contributed by atoms with E-state index < -0.39 is 0 Å². The van der Waals surface area contributed by atoms with E-state index in [0.29, 0.717) is 46.4 Å². The maximum atomic E-state index is 13.4. The van der Waals surface area contributed by atoms with Gasteiger partial charge in [0.1, 0.15) is 12.3 Å². The first-order chi connectivity index (χ1) is 15.7. The summed E-state index contributed by atoms with van der Waals surface area (Å²) in [5, 5.41) is 1.59. The van der Waals surface area contributed by atoms with Gasteiger partial charge < -0.3 is 18.9 Å². The second-order valence-electron chi connectivity index (χ2n) is 7.40. The predicted molar refractivity (Wildman–Crippen MR) is 121 cm³/mol. The average molecular weight is 427 g/mol. The molecule has 0 spiro atoms. The Bertz CT molecular complexity index is 1350. The summed E-state index contributed by atoms with van der Waals surface area (Å²) in [5.41, 5.74) is 3.33. The van der Waals surface area contributed by atoms with Gasteiger partial charge in [0.15, 0.2) is 23.0 Å². The lowest BCUT2D eigenvalue weighted by molar-refractivity contribution is 0.103. The van der Waals surface area contributed by atoms with Crippen LogP contribution < -0.4 is 18.9 Å². The van der Waals surface area contributed by atoms with Crippen molar-refractivity contribution in [2.24, 2.45) is 0 Å². The number of rotatable bonds is 6. The highest BCUT2D eigenvalue weighted by Crippen LogP contribution is 2.50. The van der Waals surface area contributed by atoms with Crippen LogP contribution in [0.4, 0.5) is 0 Å². The Kier molecular flexibility index (Phi) is 4.90. The average Bonchev–Trinajstić information content (AvgIpc) is 2.85. The van der Waals surface area contributed by atoms with Gasteiger partial charge >= 0.3 is 0 Å². The van der Waals surface area contributed by atoms with E-state index in [0.717, 1.165) is 21.9 Å². The Labute approximate surface area is 185 Å². The highest BCUT2D eigenvalue weighted by atomic mass is 16.5. The van der Waals surface area contributed by atoms with Crippen molar-refractivity contribution in [3.05, 3.63) is 77.6 Å². The molecule has 3 aromatic carbocycles. The molecule has 0 aliphatic heterocycles. The summed E-state index contributed by atoms with van der Waals surface area (Å²) in [7, 11) is 4.76. The van der Waals surface area contributed by atoms with Crippen LogP contribution >= 0.6 is 0 Å². The number of nitrogens with zero attached hydrogens (tertiary/aromatic N) is 1. The Hall–Kier alpha value is -4.06. The fourth-order valence-electron chi connectivity index (χ4n) is 4.18. The minimum absolute atomic E-state index is 0.169. The van der Waals surface area contributed by atoms with Gasteiger partial charge in [-0.1, -0.05) is 30.3 Å². The number of hydrogen-bond donors (Lipinski definition) is 0. The molecule has 0 saturated carbocycles. The summed E-state index contributed by atoms with van der Waals surface area (Å²) < 4.78 is 23.0. The van der Waals surface area contributed by atoms with Crippen molar-refractivity contribution in [3.8, 4) is 34.1 Å². The van der Waals surface area contributed by atoms with Crippen molar-refractivity contribution >= 4 is 16.6 Å². The summed E-state index contributed by atoms with van der Waals surface area (Å²) in [4.78, 5) is 17.8. The van der Waals surface area contributed by atoms with Gasteiger partial charge in [-0.05, 0) is 35.2 Å². The van der Waals surface area contributed by atoms with Gasteiger partial charge in [-0.25, -0.2) is 0 Å². The summed E-state index contributed by atoms with van der Waals surface area (Å²) in [5.74, 6) is 1.97. The van der Waals surface area contributed by atoms with Gasteiger partial charge in [0.25, 0.3) is 0 Å². The number of ether oxygens (including phenoxy) is 4. The lowest BCUT2D eigenvalue weighted by Crippen LogP contribution is -2.14. The quantitative estimate of drug-likeness (QED) is 0.378. The molecule has 0 N–H and O–H groups in total. The lowest BCUT2D eigenvalue weighted by atomic mass is 9.84. The first kappa shape index (κ1) is 19.9. The molecule has 1 heterocycles. The molecule has 1 aromatic heterocycles. The molecule has 4 aromatic rings. The summed E-state index contributed by atoms with van der Waals surface area (Å²) in [6.45, 7) is 0.353. The molecular formula is C26H21NO5. The van der Waals surface area contributed by atoms with E-state index in [1.54, 1.807) is 33.6 Å². The Morgan fingerprint density at radius 1 is 0.812 bits per heavy atom. The zero-order valence-corrected chi connectivity index (χ0v) is 18.0. The Morgan fingerprint density at radius 3 is 2.28 bits per heavy atom. The van der Waals surface area contributed by atoms with E-state index in [1.165, 1.54) is 0 Å². The van der Waals surface area contributed by atoms with Crippen LogP contribution in [0, 0.1) is 0 Å². The van der Waals surface area contributed by atoms with Crippen molar-refractivity contribution in [3.63, 3.8) is 0 Å². The number of pyridine rings is 1. The van der Waals surface area contributed by atoms with Crippen molar-refractivity contribution in [1.29, 1.82) is 0 Å². The maximum Gasteiger partial charge on any atom is 0.212 e. The van der Waals surface area contributed by atoms with Crippen LogP contribution in [0.2, 0.25) is 0 Å². The molecule has 6 heteroatoms. The largest absolute Gasteiger partial charge is 0.493 e. The van der Waals surface area contributed by atoms with Gasteiger partial charge in [-0.15, -0.1) is 0 Å². The molecule has 32 heavy (non-hydrogen) atoms. The van der Waals surface area contributed by atoms with Crippen molar-refractivity contribution in [2.75, 3.05) is 21.3 Å². The summed E-state index contributed by atoms with van der Waals surface area (Å²) in [6, 6.07) is 17.1. The molecule has 1 aliphatic carbocycles. The van der Waals surface area contributed by atoms with Gasteiger partial charge in [0.05, 0.1) is 21.3 Å². The summed E-state index contributed by atoms with van der Waals surface area (Å²) in [6.07, 6.45) is 1.63. The van der Waals surface area contributed by atoms with Crippen LogP contribution in [0.1, 0.15) is 21.6 Å². The van der Waals surface area contributed by atoms with E-state index >= 15 is 0 Å². The van der Waals surface area contributed by atoms with E-state index in [1.807, 2.05) is 48.5 Å². The highest BCUT2D eigenvalue weighted by Gasteiger charge is 2.32. The smallest absolute Gasteiger partial charge is 0.212 e. The minimum atomic E-state index is -0.169. The lowest BCUT2D eigenvalue weighted by Gasteiger charge is -2.24. The number of fused-ring (bicyclic) bond motifs is 2. The van der Waals surface area contributed by atoms with E-state index in [4.69, 9.17) is 18.9 Å². The minimum Gasteiger partial charge on any atom is -0.493 e. The molecule has 0 atom stereocenters. The maximum absolute atomic E-state index is 13.4. The number of ketones is 1. The zero-order valence-electron chi connectivity index (χ0n) is 18.0. The number of carbonyl (C=O) groups is 1. The second kappa shape index (κ2) is 7.89. The van der Waals surface area contributed by atoms with E-state index in [-0.39, 0.29) is 5.78 Å². The molecule has 0 bridgehead atoms. The third kappa shape index (κ3) is 3.03. The van der Waals surface area contributed by atoms with Gasteiger partial charge in [0, 0.05) is 28.3 Å². The van der Waals surface area contributed by atoms with Crippen LogP contribution in [0.25, 0.3) is 21.9 Å². The van der Waals surface area contributed by atoms with Crippen molar-refractivity contribution in [2.45, 2.75) is 6.61 Å². The molecule has 0 radical (unpaired) electrons.